The van der Waals surface area contributed by atoms with Crippen molar-refractivity contribution in [1.29, 1.82) is 0 Å². The molecule has 0 fully saturated rings. The topological polar surface area (TPSA) is 0 Å². The first kappa shape index (κ1) is 14.0. The Bertz CT molecular complexity index is 364. The molecule has 15 heavy (non-hydrogen) atoms. The summed E-state index contributed by atoms with van der Waals surface area (Å²) < 4.78 is 9.62. The molecule has 0 saturated heterocycles. The van der Waals surface area contributed by atoms with Gasteiger partial charge in [-0.2, -0.15) is 0 Å². The van der Waals surface area contributed by atoms with E-state index in [2.05, 4.69) is 0 Å². The summed E-state index contributed by atoms with van der Waals surface area (Å²) >= 11 is 33.7. The van der Waals surface area contributed by atoms with Gasteiger partial charge in [-0.3, -0.25) is 0 Å². The van der Waals surface area contributed by atoms with Gasteiger partial charge >= 0.3 is 0 Å². The standard InChI is InChI=1S/C8H3Cl6F/c9-7(10,11)4-2-1-3-5(15)6(4)8(12,13)14/h1-3H. The molecule has 0 nitrogen and oxygen atoms in total. The van der Waals surface area contributed by atoms with E-state index < -0.39 is 13.4 Å². The smallest absolute Gasteiger partial charge is 0.207 e. The third-order valence-corrected chi connectivity index (χ3v) is 2.78. The Labute approximate surface area is 116 Å². The van der Waals surface area contributed by atoms with Crippen LogP contribution in [0.15, 0.2) is 18.2 Å². The molecule has 0 radical (unpaired) electrons. The number of hydrogen-bond donors (Lipinski definition) is 0. The zero-order valence-corrected chi connectivity index (χ0v) is 11.4. The number of halogens is 7. The maximum Gasteiger partial charge on any atom is 0.219 e. The quantitative estimate of drug-likeness (QED) is 0.553. The fourth-order valence-electron chi connectivity index (χ4n) is 1.05. The lowest BCUT2D eigenvalue weighted by Gasteiger charge is -2.21. The fourth-order valence-corrected chi connectivity index (χ4v) is 2.10. The highest BCUT2D eigenvalue weighted by molar-refractivity contribution is 6.69. The number of hydrogen-bond acceptors (Lipinski definition) is 0. The van der Waals surface area contributed by atoms with Gasteiger partial charge in [0.2, 0.25) is 7.59 Å². The van der Waals surface area contributed by atoms with Gasteiger partial charge in [0, 0.05) is 11.1 Å². The van der Waals surface area contributed by atoms with Crippen molar-refractivity contribution in [1.82, 2.24) is 0 Å². The van der Waals surface area contributed by atoms with E-state index in [-0.39, 0.29) is 11.1 Å². The summed E-state index contributed by atoms with van der Waals surface area (Å²) in [5.74, 6) is -0.737. The van der Waals surface area contributed by atoms with Crippen LogP contribution in [0.25, 0.3) is 0 Å². The first-order chi connectivity index (χ1) is 6.64. The van der Waals surface area contributed by atoms with Gasteiger partial charge in [0.25, 0.3) is 0 Å². The Hall–Kier alpha value is 0.890. The van der Waals surface area contributed by atoms with Crippen LogP contribution in [0, 0.1) is 5.82 Å². The predicted octanol–water partition coefficient (Wildman–Crippen LogP) is 5.48. The second-order valence-corrected chi connectivity index (χ2v) is 7.22. The first-order valence-electron chi connectivity index (χ1n) is 3.57. The van der Waals surface area contributed by atoms with Crippen LogP contribution in [-0.2, 0) is 7.59 Å². The summed E-state index contributed by atoms with van der Waals surface area (Å²) in [6, 6.07) is 3.87. The Morgan fingerprint density at radius 3 is 1.73 bits per heavy atom. The summed E-state index contributed by atoms with van der Waals surface area (Å²) in [6.07, 6.45) is 0. The summed E-state index contributed by atoms with van der Waals surface area (Å²) in [7, 11) is 0. The van der Waals surface area contributed by atoms with Crippen LogP contribution in [0.1, 0.15) is 11.1 Å². The minimum absolute atomic E-state index is 0.00694. The Morgan fingerprint density at radius 2 is 1.40 bits per heavy atom. The van der Waals surface area contributed by atoms with Crippen molar-refractivity contribution in [2.75, 3.05) is 0 Å². The fraction of sp³-hybridized carbons (Fsp3) is 0.250. The van der Waals surface area contributed by atoms with E-state index in [4.69, 9.17) is 69.6 Å². The molecule has 0 aliphatic heterocycles. The molecule has 0 atom stereocenters. The monoisotopic (exact) mass is 328 g/mol. The molecule has 1 aromatic carbocycles. The maximum absolute atomic E-state index is 13.4. The highest BCUT2D eigenvalue weighted by atomic mass is 35.6. The molecule has 84 valence electrons. The van der Waals surface area contributed by atoms with E-state index in [1.165, 1.54) is 12.1 Å². The lowest BCUT2D eigenvalue weighted by atomic mass is 10.1. The molecule has 0 heterocycles. The summed E-state index contributed by atoms with van der Waals surface area (Å²) in [5, 5.41) is 0. The van der Waals surface area contributed by atoms with E-state index in [1.807, 2.05) is 0 Å². The largest absolute Gasteiger partial charge is 0.219 e. The number of rotatable bonds is 0. The number of benzene rings is 1. The van der Waals surface area contributed by atoms with Crippen LogP contribution < -0.4 is 0 Å². The van der Waals surface area contributed by atoms with E-state index in [1.54, 1.807) is 0 Å². The van der Waals surface area contributed by atoms with Gasteiger partial charge in [0.05, 0.1) is 0 Å². The molecule has 0 aliphatic rings. The van der Waals surface area contributed by atoms with Crippen LogP contribution in [0.4, 0.5) is 4.39 Å². The second kappa shape index (κ2) is 4.64. The molecular formula is C8H3Cl6F. The molecule has 0 spiro atoms. The van der Waals surface area contributed by atoms with Crippen LogP contribution in [0.2, 0.25) is 0 Å². The van der Waals surface area contributed by atoms with Crippen molar-refractivity contribution in [3.8, 4) is 0 Å². The first-order valence-corrected chi connectivity index (χ1v) is 5.83. The average Bonchev–Trinajstić information content (AvgIpc) is 1.99. The van der Waals surface area contributed by atoms with Gasteiger partial charge in [-0.1, -0.05) is 81.7 Å². The lowest BCUT2D eigenvalue weighted by molar-refractivity contribution is 0.610. The minimum Gasteiger partial charge on any atom is -0.207 e. The van der Waals surface area contributed by atoms with E-state index in [0.717, 1.165) is 6.07 Å². The van der Waals surface area contributed by atoms with E-state index >= 15 is 0 Å². The molecule has 7 heteroatoms. The Morgan fingerprint density at radius 1 is 0.867 bits per heavy atom. The zero-order chi connectivity index (χ0) is 11.9. The molecule has 0 aromatic heterocycles. The highest BCUT2D eigenvalue weighted by Crippen LogP contribution is 2.48. The van der Waals surface area contributed by atoms with E-state index in [0.29, 0.717) is 0 Å². The molecule has 0 bridgehead atoms. The molecule has 0 unspecified atom stereocenters. The van der Waals surface area contributed by atoms with Gasteiger partial charge in [-0.25, -0.2) is 4.39 Å². The number of alkyl halides is 6. The van der Waals surface area contributed by atoms with Gasteiger partial charge in [0.15, 0.2) is 0 Å². The molecule has 0 aliphatic carbocycles. The van der Waals surface area contributed by atoms with Crippen molar-refractivity contribution in [3.63, 3.8) is 0 Å². The predicted molar refractivity (Wildman–Crippen MR) is 64.9 cm³/mol. The molecular weight excluding hydrogens is 328 g/mol. The zero-order valence-electron chi connectivity index (χ0n) is 6.88. The van der Waals surface area contributed by atoms with Gasteiger partial charge in [0.1, 0.15) is 5.82 Å². The maximum atomic E-state index is 13.4. The van der Waals surface area contributed by atoms with Gasteiger partial charge in [-0.05, 0) is 6.07 Å². The minimum atomic E-state index is -1.98. The van der Waals surface area contributed by atoms with E-state index in [9.17, 15) is 4.39 Å². The van der Waals surface area contributed by atoms with Crippen LogP contribution in [-0.4, -0.2) is 0 Å². The van der Waals surface area contributed by atoms with Gasteiger partial charge < -0.3 is 0 Å². The van der Waals surface area contributed by atoms with Crippen molar-refractivity contribution in [3.05, 3.63) is 35.1 Å². The Kier molecular flexibility index (Phi) is 4.31. The average molecular weight is 331 g/mol. The van der Waals surface area contributed by atoms with Crippen molar-refractivity contribution in [2.45, 2.75) is 7.59 Å². The molecule has 1 aromatic rings. The SMILES string of the molecule is Fc1cccc(C(Cl)(Cl)Cl)c1C(Cl)(Cl)Cl. The normalized spacial score (nSPS) is 13.0. The summed E-state index contributed by atoms with van der Waals surface area (Å²) in [4.78, 5) is 0. The third-order valence-electron chi connectivity index (χ3n) is 1.60. The molecule has 1 rings (SSSR count). The second-order valence-electron chi connectivity index (χ2n) is 2.66. The molecule has 0 N–H and O–H groups in total. The summed E-state index contributed by atoms with van der Waals surface area (Å²) in [5.41, 5.74) is -0.248. The highest BCUT2D eigenvalue weighted by Gasteiger charge is 2.36. The van der Waals surface area contributed by atoms with Crippen LogP contribution in [0.3, 0.4) is 0 Å². The Balaban J connectivity index is 3.48. The van der Waals surface area contributed by atoms with Crippen molar-refractivity contribution < 1.29 is 4.39 Å². The van der Waals surface area contributed by atoms with Crippen molar-refractivity contribution in [2.24, 2.45) is 0 Å². The third kappa shape index (κ3) is 3.42. The van der Waals surface area contributed by atoms with Crippen LogP contribution in [0.5, 0.6) is 0 Å². The lowest BCUT2D eigenvalue weighted by Crippen LogP contribution is -2.14. The van der Waals surface area contributed by atoms with Crippen molar-refractivity contribution >= 4 is 69.6 Å². The van der Waals surface area contributed by atoms with Gasteiger partial charge in [-0.15, -0.1) is 0 Å². The summed E-state index contributed by atoms with van der Waals surface area (Å²) in [6.45, 7) is 0. The molecule has 0 saturated carbocycles. The van der Waals surface area contributed by atoms with Crippen LogP contribution >= 0.6 is 69.6 Å². The molecule has 0 amide bonds.